The van der Waals surface area contributed by atoms with Crippen molar-refractivity contribution >= 4 is 35.2 Å². The number of hydrogen-bond acceptors (Lipinski definition) is 5. The number of benzene rings is 2. The molecule has 2 aliphatic rings. The molecule has 7 nitrogen and oxygen atoms in total. The number of likely N-dealkylation sites (N-methyl/N-ethyl adjacent to an activating group) is 1. The summed E-state index contributed by atoms with van der Waals surface area (Å²) in [6, 6.07) is 14.4. The number of amides is 2. The topological polar surface area (TPSA) is 65.1 Å². The minimum atomic E-state index is -0.725. The van der Waals surface area contributed by atoms with Crippen molar-refractivity contribution in [3.05, 3.63) is 81.0 Å². The van der Waals surface area contributed by atoms with Crippen LogP contribution in [0.5, 0.6) is 0 Å². The summed E-state index contributed by atoms with van der Waals surface area (Å²) < 4.78 is 5.41. The van der Waals surface area contributed by atoms with Gasteiger partial charge in [-0.25, -0.2) is 9.59 Å². The van der Waals surface area contributed by atoms with Crippen LogP contribution in [0.4, 0.5) is 4.79 Å². The molecule has 9 heteroatoms. The van der Waals surface area contributed by atoms with Crippen LogP contribution in [0, 0.1) is 0 Å². The minimum Gasteiger partial charge on any atom is -0.463 e. The molecule has 2 aromatic rings. The van der Waals surface area contributed by atoms with Crippen LogP contribution in [-0.4, -0.2) is 73.1 Å². The third kappa shape index (κ3) is 5.98. The van der Waals surface area contributed by atoms with Crippen LogP contribution in [0.15, 0.2) is 59.8 Å². The number of nitrogens with one attached hydrogen (secondary N) is 1. The highest BCUT2D eigenvalue weighted by Crippen LogP contribution is 2.36. The fourth-order valence-corrected chi connectivity index (χ4v) is 5.04. The molecule has 0 bridgehead atoms. The number of piperazine rings is 1. The third-order valence-corrected chi connectivity index (χ3v) is 7.00. The Bertz CT molecular complexity index is 1100. The van der Waals surface area contributed by atoms with Gasteiger partial charge in [0, 0.05) is 62.1 Å². The zero-order chi connectivity index (χ0) is 24.9. The van der Waals surface area contributed by atoms with Crippen LogP contribution in [-0.2, 0) is 16.1 Å². The first kappa shape index (κ1) is 25.5. The molecule has 1 fully saturated rings. The van der Waals surface area contributed by atoms with Gasteiger partial charge in [-0.1, -0.05) is 59.6 Å². The summed E-state index contributed by atoms with van der Waals surface area (Å²) in [4.78, 5) is 32.3. The molecular formula is C26H30Cl2N4O3. The summed E-state index contributed by atoms with van der Waals surface area (Å²) in [6.07, 6.45) is 0. The zero-order valence-corrected chi connectivity index (χ0v) is 21.5. The molecule has 2 aliphatic heterocycles. The van der Waals surface area contributed by atoms with Gasteiger partial charge in [-0.2, -0.15) is 0 Å². The van der Waals surface area contributed by atoms with E-state index in [1.54, 1.807) is 32.2 Å². The van der Waals surface area contributed by atoms with E-state index < -0.39 is 12.0 Å². The van der Waals surface area contributed by atoms with Gasteiger partial charge in [-0.3, -0.25) is 14.7 Å². The lowest BCUT2D eigenvalue weighted by Gasteiger charge is -2.39. The van der Waals surface area contributed by atoms with Crippen molar-refractivity contribution in [2.75, 3.05) is 46.4 Å². The molecule has 0 unspecified atom stereocenters. The second-order valence-electron chi connectivity index (χ2n) is 8.73. The van der Waals surface area contributed by atoms with Crippen molar-refractivity contribution in [2.24, 2.45) is 0 Å². The van der Waals surface area contributed by atoms with Gasteiger partial charge >= 0.3 is 12.0 Å². The maximum absolute atomic E-state index is 13.2. The average molecular weight is 517 g/mol. The smallest absolute Gasteiger partial charge is 0.338 e. The number of ether oxygens (including phenoxy) is 1. The zero-order valence-electron chi connectivity index (χ0n) is 20.0. The van der Waals surface area contributed by atoms with Crippen LogP contribution in [0.3, 0.4) is 0 Å². The lowest BCUT2D eigenvalue weighted by molar-refractivity contribution is -0.139. The second kappa shape index (κ2) is 11.4. The van der Waals surface area contributed by atoms with Gasteiger partial charge in [0.1, 0.15) is 0 Å². The molecule has 0 aliphatic carbocycles. The molecule has 4 rings (SSSR count). The van der Waals surface area contributed by atoms with E-state index in [1.807, 2.05) is 6.07 Å². The molecule has 186 valence electrons. The number of nitrogens with zero attached hydrogens (tertiary/aromatic N) is 3. The number of urea groups is 1. The van der Waals surface area contributed by atoms with Crippen molar-refractivity contribution in [3.8, 4) is 0 Å². The molecule has 1 atom stereocenters. The van der Waals surface area contributed by atoms with E-state index in [0.717, 1.165) is 32.7 Å². The summed E-state index contributed by atoms with van der Waals surface area (Å²) in [7, 11) is 1.68. The van der Waals surface area contributed by atoms with Gasteiger partial charge in [-0.15, -0.1) is 0 Å². The van der Waals surface area contributed by atoms with Crippen LogP contribution >= 0.6 is 23.2 Å². The highest BCUT2D eigenvalue weighted by Gasteiger charge is 2.38. The Labute approximate surface area is 216 Å². The van der Waals surface area contributed by atoms with Crippen LogP contribution in [0.2, 0.25) is 10.0 Å². The average Bonchev–Trinajstić information content (AvgIpc) is 2.84. The normalized spacial score (nSPS) is 19.6. The standard InChI is InChI=1S/C26H30Cl2N4O3/c1-3-35-25(33)23-22(17-32-13-11-31(12-14-32)16-18-7-5-4-6-8-18)30(2)26(34)29-24(23)20-10-9-19(27)15-21(20)28/h4-10,15,24H,3,11-14,16-17H2,1-2H3,(H,29,34)/t24-/m1/s1. The Morgan fingerprint density at radius 1 is 1.03 bits per heavy atom. The van der Waals surface area contributed by atoms with E-state index in [-0.39, 0.29) is 12.6 Å². The van der Waals surface area contributed by atoms with Crippen molar-refractivity contribution in [1.29, 1.82) is 0 Å². The summed E-state index contributed by atoms with van der Waals surface area (Å²) in [5.74, 6) is -0.465. The summed E-state index contributed by atoms with van der Waals surface area (Å²) in [5, 5.41) is 3.77. The molecule has 2 aromatic carbocycles. The van der Waals surface area contributed by atoms with Crippen LogP contribution in [0.25, 0.3) is 0 Å². The number of halogens is 2. The molecule has 0 radical (unpaired) electrons. The van der Waals surface area contributed by atoms with Gasteiger partial charge in [0.15, 0.2) is 0 Å². The number of hydrogen-bond donors (Lipinski definition) is 1. The molecule has 35 heavy (non-hydrogen) atoms. The molecule has 0 aromatic heterocycles. The molecule has 1 saturated heterocycles. The minimum absolute atomic E-state index is 0.229. The van der Waals surface area contributed by atoms with Gasteiger partial charge in [0.25, 0.3) is 0 Å². The van der Waals surface area contributed by atoms with Gasteiger partial charge in [0.05, 0.1) is 18.2 Å². The maximum atomic E-state index is 13.2. The quantitative estimate of drug-likeness (QED) is 0.555. The molecule has 2 amide bonds. The predicted octanol–water partition coefficient (Wildman–Crippen LogP) is 4.32. The first-order valence-corrected chi connectivity index (χ1v) is 12.5. The number of carbonyl (C=O) groups is 2. The van der Waals surface area contributed by atoms with E-state index in [0.29, 0.717) is 33.4 Å². The van der Waals surface area contributed by atoms with Crippen LogP contribution < -0.4 is 5.32 Å². The summed E-state index contributed by atoms with van der Waals surface area (Å²) >= 11 is 12.6. The van der Waals surface area contributed by atoms with E-state index >= 15 is 0 Å². The Hall–Kier alpha value is -2.58. The third-order valence-electron chi connectivity index (χ3n) is 6.43. The van der Waals surface area contributed by atoms with Gasteiger partial charge < -0.3 is 10.1 Å². The first-order chi connectivity index (χ1) is 16.9. The number of carbonyl (C=O) groups excluding carboxylic acids is 2. The highest BCUT2D eigenvalue weighted by molar-refractivity contribution is 6.35. The number of rotatable bonds is 7. The maximum Gasteiger partial charge on any atom is 0.338 e. The van der Waals surface area contributed by atoms with Crippen molar-refractivity contribution in [1.82, 2.24) is 20.0 Å². The lowest BCUT2D eigenvalue weighted by Crippen LogP contribution is -2.52. The largest absolute Gasteiger partial charge is 0.463 e. The van der Waals surface area contributed by atoms with Crippen LogP contribution in [0.1, 0.15) is 24.1 Å². The Balaban J connectivity index is 1.58. The molecule has 0 saturated carbocycles. The van der Waals surface area contributed by atoms with Crippen molar-refractivity contribution in [3.63, 3.8) is 0 Å². The predicted molar refractivity (Wildman–Crippen MR) is 137 cm³/mol. The molecule has 1 N–H and O–H groups in total. The van der Waals surface area contributed by atoms with Gasteiger partial charge in [0.2, 0.25) is 0 Å². The van der Waals surface area contributed by atoms with E-state index in [2.05, 4.69) is 39.4 Å². The Morgan fingerprint density at radius 3 is 2.31 bits per heavy atom. The molecular weight excluding hydrogens is 487 g/mol. The highest BCUT2D eigenvalue weighted by atomic mass is 35.5. The fourth-order valence-electron chi connectivity index (χ4n) is 4.53. The van der Waals surface area contributed by atoms with Crippen molar-refractivity contribution < 1.29 is 14.3 Å². The van der Waals surface area contributed by atoms with E-state index in [4.69, 9.17) is 27.9 Å². The van der Waals surface area contributed by atoms with Gasteiger partial charge in [-0.05, 0) is 30.2 Å². The first-order valence-electron chi connectivity index (χ1n) is 11.7. The SMILES string of the molecule is CCOC(=O)C1=C(CN2CCN(Cc3ccccc3)CC2)N(C)C(=O)N[C@@H]1c1ccc(Cl)cc1Cl. The Kier molecular flexibility index (Phi) is 8.34. The summed E-state index contributed by atoms with van der Waals surface area (Å²) in [6.45, 7) is 6.82. The monoisotopic (exact) mass is 516 g/mol. The van der Waals surface area contributed by atoms with Crippen molar-refractivity contribution in [2.45, 2.75) is 19.5 Å². The second-order valence-corrected chi connectivity index (χ2v) is 9.57. The van der Waals surface area contributed by atoms with E-state index in [1.165, 1.54) is 10.5 Å². The molecule has 2 heterocycles. The Morgan fingerprint density at radius 2 is 1.69 bits per heavy atom. The van der Waals surface area contributed by atoms with E-state index in [9.17, 15) is 9.59 Å². The number of esters is 1. The molecule has 0 spiro atoms. The lowest BCUT2D eigenvalue weighted by atomic mass is 9.94. The summed E-state index contributed by atoms with van der Waals surface area (Å²) in [5.41, 5.74) is 2.91. The fraction of sp³-hybridized carbons (Fsp3) is 0.385.